The highest BCUT2D eigenvalue weighted by Gasteiger charge is 2.32. The van der Waals surface area contributed by atoms with Crippen molar-refractivity contribution in [1.29, 1.82) is 0 Å². The molecule has 2 heteroatoms. The Bertz CT molecular complexity index is 64.6. The van der Waals surface area contributed by atoms with E-state index in [2.05, 4.69) is 5.32 Å². The number of piperidine rings is 1. The summed E-state index contributed by atoms with van der Waals surface area (Å²) in [6.45, 7) is 0. The van der Waals surface area contributed by atoms with Gasteiger partial charge in [-0.15, -0.1) is 0 Å². The van der Waals surface area contributed by atoms with Crippen molar-refractivity contribution in [1.82, 2.24) is 5.32 Å². The molecule has 1 N–H and O–H groups in total. The third-order valence-corrected chi connectivity index (χ3v) is 1.63. The summed E-state index contributed by atoms with van der Waals surface area (Å²) in [7, 11) is 0. The van der Waals surface area contributed by atoms with E-state index in [1.54, 1.807) is 0 Å². The second-order valence-corrected chi connectivity index (χ2v) is 2.21. The Labute approximate surface area is 42.9 Å². The van der Waals surface area contributed by atoms with Gasteiger partial charge >= 0.3 is 0 Å². The first-order valence-corrected chi connectivity index (χ1v) is 2.87. The molecule has 0 aromatic rings. The van der Waals surface area contributed by atoms with Gasteiger partial charge in [-0.1, -0.05) is 0 Å². The van der Waals surface area contributed by atoms with Gasteiger partial charge in [0.25, 0.3) is 0 Å². The molecule has 0 amide bonds. The smallest absolute Gasteiger partial charge is 0.112 e. The summed E-state index contributed by atoms with van der Waals surface area (Å²) in [6.07, 6.45) is 4.65. The van der Waals surface area contributed by atoms with Crippen LogP contribution in [-0.2, 0) is 4.74 Å². The molecule has 3 rings (SSSR count). The Kier molecular flexibility index (Phi) is 0.664. The van der Waals surface area contributed by atoms with Crippen LogP contribution in [0.2, 0.25) is 0 Å². The van der Waals surface area contributed by atoms with Crippen molar-refractivity contribution in [3.8, 4) is 0 Å². The van der Waals surface area contributed by atoms with Crippen molar-refractivity contribution >= 4 is 0 Å². The third kappa shape index (κ3) is 0.469. The van der Waals surface area contributed by atoms with Crippen LogP contribution in [0.25, 0.3) is 0 Å². The largest absolute Gasteiger partial charge is 0.345 e. The fraction of sp³-hybridized carbons (Fsp3) is 1.00. The summed E-state index contributed by atoms with van der Waals surface area (Å²) in [5, 5.41) is 3.26. The highest BCUT2D eigenvalue weighted by molar-refractivity contribution is 4.77. The fourth-order valence-electron chi connectivity index (χ4n) is 1.20. The Balaban J connectivity index is 1.99. The second kappa shape index (κ2) is 1.20. The summed E-state index contributed by atoms with van der Waals surface area (Å²) in [5.41, 5.74) is 0. The predicted molar refractivity (Wildman–Crippen MR) is 25.6 cm³/mol. The maximum Gasteiger partial charge on any atom is 0.112 e. The normalized spacial score (nSPS) is 48.0. The zero-order valence-electron chi connectivity index (χ0n) is 4.18. The molecule has 40 valence electrons. The van der Waals surface area contributed by atoms with E-state index >= 15 is 0 Å². The van der Waals surface area contributed by atoms with Gasteiger partial charge in [-0.2, -0.15) is 0 Å². The van der Waals surface area contributed by atoms with E-state index in [9.17, 15) is 0 Å². The van der Waals surface area contributed by atoms with Crippen LogP contribution >= 0.6 is 0 Å². The molecule has 0 aliphatic carbocycles. The summed E-state index contributed by atoms with van der Waals surface area (Å²) < 4.78 is 5.26. The van der Waals surface area contributed by atoms with Gasteiger partial charge in [-0.25, -0.2) is 0 Å². The van der Waals surface area contributed by atoms with Gasteiger partial charge in [0.1, 0.15) is 12.5 Å². The molecule has 7 heavy (non-hydrogen) atoms. The topological polar surface area (TPSA) is 21.3 Å². The van der Waals surface area contributed by atoms with E-state index in [1.165, 1.54) is 19.3 Å². The fourth-order valence-corrected chi connectivity index (χ4v) is 1.20. The van der Waals surface area contributed by atoms with Crippen molar-refractivity contribution in [3.63, 3.8) is 0 Å². The zero-order valence-corrected chi connectivity index (χ0v) is 4.18. The molecule has 3 aliphatic heterocycles. The molecule has 3 fully saturated rings. The number of ether oxygens (including phenoxy) is 1. The van der Waals surface area contributed by atoms with Crippen molar-refractivity contribution < 1.29 is 4.74 Å². The summed E-state index contributed by atoms with van der Waals surface area (Å²) in [5.74, 6) is 0. The molecule has 0 aromatic carbocycles. The lowest BCUT2D eigenvalue weighted by atomic mass is 10.1. The van der Waals surface area contributed by atoms with Crippen LogP contribution in [0.1, 0.15) is 19.3 Å². The minimum Gasteiger partial charge on any atom is -0.345 e. The Morgan fingerprint density at radius 2 is 1.86 bits per heavy atom. The average molecular weight is 99.1 g/mol. The van der Waals surface area contributed by atoms with Gasteiger partial charge in [0.05, 0.1) is 0 Å². The first-order valence-electron chi connectivity index (χ1n) is 2.87. The van der Waals surface area contributed by atoms with E-state index in [0.29, 0.717) is 12.5 Å². The Morgan fingerprint density at radius 3 is 2.00 bits per heavy atom. The number of rotatable bonds is 0. The SMILES string of the molecule is C1C[C@@H]2N[C@H](C1)O2. The molecule has 0 saturated carbocycles. The summed E-state index contributed by atoms with van der Waals surface area (Å²) in [6, 6.07) is 0. The minimum absolute atomic E-state index is 0.429. The van der Waals surface area contributed by atoms with Crippen LogP contribution in [0, 0.1) is 0 Å². The standard InChI is InChI=1S/C5H9NO/c1-2-4-6-5(3-1)7-4/h4-6H,1-3H2/t4-,5+. The van der Waals surface area contributed by atoms with Gasteiger partial charge in [0.15, 0.2) is 0 Å². The molecule has 0 unspecified atom stereocenters. The molecule has 2 atom stereocenters. The van der Waals surface area contributed by atoms with Crippen molar-refractivity contribution in [2.24, 2.45) is 0 Å². The van der Waals surface area contributed by atoms with Crippen LogP contribution in [-0.4, -0.2) is 12.5 Å². The summed E-state index contributed by atoms with van der Waals surface area (Å²) >= 11 is 0. The number of hydrogen-bond acceptors (Lipinski definition) is 2. The minimum atomic E-state index is 0.429. The zero-order chi connectivity index (χ0) is 4.69. The van der Waals surface area contributed by atoms with Crippen LogP contribution < -0.4 is 5.32 Å². The van der Waals surface area contributed by atoms with Crippen LogP contribution in [0.3, 0.4) is 0 Å². The maximum absolute atomic E-state index is 5.26. The van der Waals surface area contributed by atoms with E-state index < -0.39 is 0 Å². The van der Waals surface area contributed by atoms with Gasteiger partial charge in [-0.05, 0) is 19.3 Å². The van der Waals surface area contributed by atoms with Crippen molar-refractivity contribution in [2.45, 2.75) is 31.7 Å². The van der Waals surface area contributed by atoms with Gasteiger partial charge < -0.3 is 4.74 Å². The molecule has 0 radical (unpaired) electrons. The third-order valence-electron chi connectivity index (χ3n) is 1.63. The number of nitrogens with one attached hydrogen (secondary N) is 1. The molecule has 2 nitrogen and oxygen atoms in total. The molecule has 3 aliphatic rings. The monoisotopic (exact) mass is 99.1 g/mol. The van der Waals surface area contributed by atoms with Gasteiger partial charge in [-0.3, -0.25) is 5.32 Å². The van der Waals surface area contributed by atoms with Crippen molar-refractivity contribution in [3.05, 3.63) is 0 Å². The first-order chi connectivity index (χ1) is 3.45. The first kappa shape index (κ1) is 3.87. The number of fused-ring (bicyclic) bond motifs is 2. The Hall–Kier alpha value is -0.0800. The van der Waals surface area contributed by atoms with E-state index in [-0.39, 0.29) is 0 Å². The number of hydrogen-bond donors (Lipinski definition) is 1. The average Bonchev–Trinajstić information content (AvgIpc) is 1.67. The molecule has 3 heterocycles. The lowest BCUT2D eigenvalue weighted by Crippen LogP contribution is -2.58. The van der Waals surface area contributed by atoms with Crippen LogP contribution in [0.15, 0.2) is 0 Å². The molecule has 3 saturated heterocycles. The van der Waals surface area contributed by atoms with Gasteiger partial charge in [0.2, 0.25) is 0 Å². The molecule has 0 aromatic heterocycles. The Morgan fingerprint density at radius 1 is 1.29 bits per heavy atom. The van der Waals surface area contributed by atoms with Crippen molar-refractivity contribution in [2.75, 3.05) is 0 Å². The lowest BCUT2D eigenvalue weighted by molar-refractivity contribution is -0.191. The maximum atomic E-state index is 5.26. The highest BCUT2D eigenvalue weighted by Crippen LogP contribution is 2.23. The molecular weight excluding hydrogens is 90.1 g/mol. The molecular formula is C5H9NO. The van der Waals surface area contributed by atoms with Crippen LogP contribution in [0.5, 0.6) is 0 Å². The molecule has 0 spiro atoms. The predicted octanol–water partition coefficient (Wildman–Crippen LogP) is 0.442. The highest BCUT2D eigenvalue weighted by atomic mass is 16.6. The second-order valence-electron chi connectivity index (χ2n) is 2.21. The van der Waals surface area contributed by atoms with E-state index in [0.717, 1.165) is 0 Å². The van der Waals surface area contributed by atoms with Crippen LogP contribution in [0.4, 0.5) is 0 Å². The van der Waals surface area contributed by atoms with E-state index in [1.807, 2.05) is 0 Å². The molecule has 2 bridgehead atoms. The quantitative estimate of drug-likeness (QED) is 0.476. The summed E-state index contributed by atoms with van der Waals surface area (Å²) in [4.78, 5) is 0. The lowest BCUT2D eigenvalue weighted by Gasteiger charge is -2.42. The van der Waals surface area contributed by atoms with Gasteiger partial charge in [0, 0.05) is 0 Å². The van der Waals surface area contributed by atoms with E-state index in [4.69, 9.17) is 4.74 Å².